The summed E-state index contributed by atoms with van der Waals surface area (Å²) in [7, 11) is 1.50. The third kappa shape index (κ3) is 5.25. The van der Waals surface area contributed by atoms with Crippen molar-refractivity contribution >= 4 is 29.3 Å². The van der Waals surface area contributed by atoms with Gasteiger partial charge in [-0.1, -0.05) is 30.7 Å². The summed E-state index contributed by atoms with van der Waals surface area (Å²) in [6.45, 7) is 4.34. The fourth-order valence-corrected chi connectivity index (χ4v) is 2.72. The molecule has 0 spiro atoms. The molecule has 0 saturated carbocycles. The Morgan fingerprint density at radius 2 is 1.96 bits per heavy atom. The number of aryl methyl sites for hydroxylation is 1. The molecule has 5 nitrogen and oxygen atoms in total. The minimum absolute atomic E-state index is 0.0446. The molecule has 2 aromatic carbocycles. The lowest BCUT2D eigenvalue weighted by molar-refractivity contribution is -0.112. The summed E-state index contributed by atoms with van der Waals surface area (Å²) in [6.07, 6.45) is 2.37. The van der Waals surface area contributed by atoms with Crippen LogP contribution in [0.4, 0.5) is 5.69 Å². The van der Waals surface area contributed by atoms with Crippen LogP contribution < -0.4 is 14.8 Å². The summed E-state index contributed by atoms with van der Waals surface area (Å²) >= 11 is 6.24. The molecule has 1 N–H and O–H groups in total. The first-order valence-corrected chi connectivity index (χ1v) is 8.92. The highest BCUT2D eigenvalue weighted by molar-refractivity contribution is 6.32. The molecule has 0 saturated heterocycles. The predicted molar refractivity (Wildman–Crippen MR) is 107 cm³/mol. The topological polar surface area (TPSA) is 71.3 Å². The van der Waals surface area contributed by atoms with Gasteiger partial charge < -0.3 is 14.8 Å². The average molecular weight is 385 g/mol. The van der Waals surface area contributed by atoms with Crippen molar-refractivity contribution in [3.63, 3.8) is 0 Å². The number of benzene rings is 2. The Bertz CT molecular complexity index is 884. The summed E-state index contributed by atoms with van der Waals surface area (Å²) in [5.41, 5.74) is 2.31. The standard InChI is InChI=1S/C21H21ClN2O3/c1-4-14-6-8-17(9-7-14)24-21(25)16(13-23)10-15-11-18(22)20(27-5-2)19(12-15)26-3/h6-12H,4-5H2,1-3H3,(H,24,25)/b16-10+. The number of methoxy groups -OCH3 is 1. The zero-order chi connectivity index (χ0) is 19.8. The number of rotatable bonds is 7. The van der Waals surface area contributed by atoms with Gasteiger partial charge >= 0.3 is 0 Å². The van der Waals surface area contributed by atoms with Crippen LogP contribution in [0.3, 0.4) is 0 Å². The average Bonchev–Trinajstić information content (AvgIpc) is 2.68. The van der Waals surface area contributed by atoms with E-state index in [9.17, 15) is 10.1 Å². The van der Waals surface area contributed by atoms with E-state index in [4.69, 9.17) is 21.1 Å². The van der Waals surface area contributed by atoms with Crippen molar-refractivity contribution in [1.82, 2.24) is 0 Å². The molecule has 140 valence electrons. The second-order valence-corrected chi connectivity index (χ2v) is 6.05. The van der Waals surface area contributed by atoms with Gasteiger partial charge in [0.2, 0.25) is 0 Å². The van der Waals surface area contributed by atoms with Gasteiger partial charge in [0, 0.05) is 5.69 Å². The van der Waals surface area contributed by atoms with Crippen LogP contribution in [0.1, 0.15) is 25.0 Å². The molecule has 0 atom stereocenters. The van der Waals surface area contributed by atoms with Crippen LogP contribution in [0.5, 0.6) is 11.5 Å². The highest BCUT2D eigenvalue weighted by Gasteiger charge is 2.14. The molecule has 0 aliphatic rings. The molecule has 0 aromatic heterocycles. The summed E-state index contributed by atoms with van der Waals surface area (Å²) in [6, 6.07) is 12.7. The predicted octanol–water partition coefficient (Wildman–Crippen LogP) is 4.86. The van der Waals surface area contributed by atoms with Crippen molar-refractivity contribution in [3.05, 3.63) is 58.1 Å². The number of halogens is 1. The molecule has 2 rings (SSSR count). The van der Waals surface area contributed by atoms with Crippen LogP contribution in [-0.4, -0.2) is 19.6 Å². The second kappa shape index (κ2) is 9.65. The molecule has 2 aromatic rings. The van der Waals surface area contributed by atoms with Gasteiger partial charge in [0.25, 0.3) is 5.91 Å². The fourth-order valence-electron chi connectivity index (χ4n) is 2.44. The first-order chi connectivity index (χ1) is 13.0. The number of carbonyl (C=O) groups is 1. The smallest absolute Gasteiger partial charge is 0.266 e. The van der Waals surface area contributed by atoms with Gasteiger partial charge in [-0.3, -0.25) is 4.79 Å². The molecule has 0 aliphatic carbocycles. The third-order valence-electron chi connectivity index (χ3n) is 3.84. The Balaban J connectivity index is 2.27. The molecule has 0 unspecified atom stereocenters. The van der Waals surface area contributed by atoms with Crippen LogP contribution in [0.25, 0.3) is 6.08 Å². The van der Waals surface area contributed by atoms with Gasteiger partial charge in [0.15, 0.2) is 11.5 Å². The van der Waals surface area contributed by atoms with E-state index in [1.807, 2.05) is 37.3 Å². The van der Waals surface area contributed by atoms with Crippen molar-refractivity contribution in [2.45, 2.75) is 20.3 Å². The number of nitrogens with one attached hydrogen (secondary N) is 1. The maximum atomic E-state index is 12.4. The van der Waals surface area contributed by atoms with Crippen molar-refractivity contribution in [2.24, 2.45) is 0 Å². The van der Waals surface area contributed by atoms with Crippen LogP contribution >= 0.6 is 11.6 Å². The monoisotopic (exact) mass is 384 g/mol. The Morgan fingerprint density at radius 1 is 1.26 bits per heavy atom. The van der Waals surface area contributed by atoms with Gasteiger partial charge in [0.05, 0.1) is 18.7 Å². The van der Waals surface area contributed by atoms with E-state index in [-0.39, 0.29) is 5.57 Å². The number of ether oxygens (including phenoxy) is 2. The van der Waals surface area contributed by atoms with Gasteiger partial charge in [-0.05, 0) is 54.8 Å². The van der Waals surface area contributed by atoms with Crippen molar-refractivity contribution in [1.29, 1.82) is 5.26 Å². The van der Waals surface area contributed by atoms with Crippen molar-refractivity contribution in [3.8, 4) is 17.6 Å². The lowest BCUT2D eigenvalue weighted by Gasteiger charge is -2.12. The minimum Gasteiger partial charge on any atom is -0.493 e. The lowest BCUT2D eigenvalue weighted by atomic mass is 10.1. The highest BCUT2D eigenvalue weighted by atomic mass is 35.5. The van der Waals surface area contributed by atoms with Crippen LogP contribution in [-0.2, 0) is 11.2 Å². The number of nitrogens with zero attached hydrogens (tertiary/aromatic N) is 1. The fraction of sp³-hybridized carbons (Fsp3) is 0.238. The second-order valence-electron chi connectivity index (χ2n) is 5.64. The van der Waals surface area contributed by atoms with Gasteiger partial charge in [-0.2, -0.15) is 5.26 Å². The number of carbonyl (C=O) groups excluding carboxylic acids is 1. The molecule has 27 heavy (non-hydrogen) atoms. The molecular formula is C21H21ClN2O3. The first-order valence-electron chi connectivity index (χ1n) is 8.54. The number of hydrogen-bond donors (Lipinski definition) is 1. The molecule has 6 heteroatoms. The largest absolute Gasteiger partial charge is 0.493 e. The number of nitriles is 1. The summed E-state index contributed by atoms with van der Waals surface area (Å²) in [5, 5.41) is 12.4. The van der Waals surface area contributed by atoms with E-state index in [0.29, 0.717) is 34.4 Å². The Morgan fingerprint density at radius 3 is 2.52 bits per heavy atom. The molecule has 0 radical (unpaired) electrons. The van der Waals surface area contributed by atoms with Crippen molar-refractivity contribution in [2.75, 3.05) is 19.0 Å². The molecule has 0 fully saturated rings. The summed E-state index contributed by atoms with van der Waals surface area (Å²) in [4.78, 5) is 12.4. The first kappa shape index (κ1) is 20.3. The Hall–Kier alpha value is -2.97. The van der Waals surface area contributed by atoms with Gasteiger partial charge in [-0.15, -0.1) is 0 Å². The van der Waals surface area contributed by atoms with E-state index >= 15 is 0 Å². The molecule has 0 bridgehead atoms. The summed E-state index contributed by atoms with van der Waals surface area (Å²) < 4.78 is 10.8. The minimum atomic E-state index is -0.495. The maximum Gasteiger partial charge on any atom is 0.266 e. The lowest BCUT2D eigenvalue weighted by Crippen LogP contribution is -2.13. The van der Waals surface area contributed by atoms with Gasteiger partial charge in [0.1, 0.15) is 11.6 Å². The van der Waals surface area contributed by atoms with Crippen molar-refractivity contribution < 1.29 is 14.3 Å². The zero-order valence-corrected chi connectivity index (χ0v) is 16.3. The molecule has 0 aliphatic heterocycles. The van der Waals surface area contributed by atoms with E-state index in [2.05, 4.69) is 12.2 Å². The SMILES string of the molecule is CCOc1c(Cl)cc(/C=C(\C#N)C(=O)Nc2ccc(CC)cc2)cc1OC. The van der Waals surface area contributed by atoms with Crippen LogP contribution in [0, 0.1) is 11.3 Å². The number of hydrogen-bond acceptors (Lipinski definition) is 4. The molecule has 1 amide bonds. The van der Waals surface area contributed by atoms with E-state index in [0.717, 1.165) is 6.42 Å². The van der Waals surface area contributed by atoms with Crippen LogP contribution in [0.2, 0.25) is 5.02 Å². The quantitative estimate of drug-likeness (QED) is 0.546. The summed E-state index contributed by atoms with van der Waals surface area (Å²) in [5.74, 6) is 0.368. The van der Waals surface area contributed by atoms with E-state index < -0.39 is 5.91 Å². The normalized spacial score (nSPS) is 10.9. The maximum absolute atomic E-state index is 12.4. The Kier molecular flexibility index (Phi) is 7.27. The zero-order valence-electron chi connectivity index (χ0n) is 15.5. The van der Waals surface area contributed by atoms with Gasteiger partial charge in [-0.25, -0.2) is 0 Å². The molecular weight excluding hydrogens is 364 g/mol. The molecule has 0 heterocycles. The highest BCUT2D eigenvalue weighted by Crippen LogP contribution is 2.37. The van der Waals surface area contributed by atoms with E-state index in [1.54, 1.807) is 12.1 Å². The number of amides is 1. The third-order valence-corrected chi connectivity index (χ3v) is 4.12. The van der Waals surface area contributed by atoms with E-state index in [1.165, 1.54) is 18.7 Å². The Labute approximate surface area is 164 Å². The van der Waals surface area contributed by atoms with Crippen LogP contribution in [0.15, 0.2) is 42.0 Å². The number of anilines is 1.